The number of nitrogens with one attached hydrogen (secondary N) is 1. The first-order chi connectivity index (χ1) is 14.6. The van der Waals surface area contributed by atoms with Crippen LogP contribution in [0.5, 0.6) is 0 Å². The van der Waals surface area contributed by atoms with Gasteiger partial charge < -0.3 is 10.2 Å². The van der Waals surface area contributed by atoms with Crippen LogP contribution in [0.4, 0.5) is 15.8 Å². The summed E-state index contributed by atoms with van der Waals surface area (Å²) in [6, 6.07) is 14.6. The van der Waals surface area contributed by atoms with E-state index in [0.717, 1.165) is 29.7 Å². The number of aromatic nitrogens is 1. The quantitative estimate of drug-likeness (QED) is 0.657. The van der Waals surface area contributed by atoms with Crippen molar-refractivity contribution in [1.29, 1.82) is 0 Å². The predicted octanol–water partition coefficient (Wildman–Crippen LogP) is 4.47. The molecule has 4 rings (SSSR count). The van der Waals surface area contributed by atoms with Crippen LogP contribution < -0.4 is 10.2 Å². The van der Waals surface area contributed by atoms with Crippen molar-refractivity contribution in [3.05, 3.63) is 95.6 Å². The Hall–Kier alpha value is -3.80. The number of rotatable bonds is 4. The number of carbonyl (C=O) groups excluding carboxylic acids is 2. The molecule has 0 spiro atoms. The Bertz CT molecular complexity index is 1100. The monoisotopic (exact) mass is 401 g/mol. The van der Waals surface area contributed by atoms with E-state index < -0.39 is 5.82 Å². The average molecular weight is 401 g/mol. The van der Waals surface area contributed by atoms with Gasteiger partial charge in [0, 0.05) is 42.0 Å². The van der Waals surface area contributed by atoms with Gasteiger partial charge in [0.1, 0.15) is 5.82 Å². The van der Waals surface area contributed by atoms with Crippen LogP contribution in [0.2, 0.25) is 0 Å². The third-order valence-electron chi connectivity index (χ3n) is 4.97. The largest absolute Gasteiger partial charge is 0.322 e. The smallest absolute Gasteiger partial charge is 0.255 e. The Kier molecular flexibility index (Phi) is 5.66. The second-order valence-corrected chi connectivity index (χ2v) is 6.98. The number of fused-ring (bicyclic) bond motifs is 1. The number of halogens is 1. The minimum absolute atomic E-state index is 0.123. The molecule has 0 atom stereocenters. The molecule has 0 bridgehead atoms. The summed E-state index contributed by atoms with van der Waals surface area (Å²) >= 11 is 0. The van der Waals surface area contributed by atoms with Gasteiger partial charge in [-0.25, -0.2) is 4.39 Å². The van der Waals surface area contributed by atoms with Crippen LogP contribution >= 0.6 is 0 Å². The number of hydrogen-bond acceptors (Lipinski definition) is 3. The molecule has 1 aliphatic heterocycles. The van der Waals surface area contributed by atoms with Crippen molar-refractivity contribution < 1.29 is 14.0 Å². The first-order valence-electron chi connectivity index (χ1n) is 9.70. The fourth-order valence-corrected chi connectivity index (χ4v) is 3.50. The maximum atomic E-state index is 13.1. The van der Waals surface area contributed by atoms with Crippen molar-refractivity contribution in [3.63, 3.8) is 0 Å². The molecule has 5 nitrogen and oxygen atoms in total. The van der Waals surface area contributed by atoms with E-state index in [1.54, 1.807) is 23.4 Å². The summed E-state index contributed by atoms with van der Waals surface area (Å²) in [6.07, 6.45) is 8.20. The summed E-state index contributed by atoms with van der Waals surface area (Å²) in [6.45, 7) is 0.610. The fraction of sp³-hybridized carbons (Fsp3) is 0.125. The second-order valence-electron chi connectivity index (χ2n) is 6.98. The highest BCUT2D eigenvalue weighted by molar-refractivity contribution is 6.07. The molecule has 0 aliphatic carbocycles. The number of anilines is 2. The molecule has 2 heterocycles. The highest BCUT2D eigenvalue weighted by Gasteiger charge is 2.23. The number of hydrogen-bond donors (Lipinski definition) is 1. The summed E-state index contributed by atoms with van der Waals surface area (Å²) in [5, 5.41) is 2.90. The van der Waals surface area contributed by atoms with Crippen LogP contribution in [0.25, 0.3) is 6.08 Å². The number of carbonyl (C=O) groups is 2. The first kappa shape index (κ1) is 19.5. The molecule has 0 unspecified atom stereocenters. The Morgan fingerprint density at radius 1 is 1.07 bits per heavy atom. The standard InChI is InChI=1S/C24H20FN3O2/c25-19-11-9-18(10-12-19)24(30)27-21-6-1-7-22-20(21)5-3-15-28(22)23(29)13-8-17-4-2-14-26-16-17/h1-2,4,6-14,16H,3,5,15H2,(H,27,30)/b13-8+. The lowest BCUT2D eigenvalue weighted by atomic mass is 9.99. The van der Waals surface area contributed by atoms with Gasteiger partial charge >= 0.3 is 0 Å². The van der Waals surface area contributed by atoms with Crippen LogP contribution in [-0.4, -0.2) is 23.3 Å². The lowest BCUT2D eigenvalue weighted by Crippen LogP contribution is -2.34. The summed E-state index contributed by atoms with van der Waals surface area (Å²) in [7, 11) is 0. The third-order valence-corrected chi connectivity index (χ3v) is 4.97. The molecular weight excluding hydrogens is 381 g/mol. The molecule has 150 valence electrons. The zero-order valence-electron chi connectivity index (χ0n) is 16.2. The normalized spacial score (nSPS) is 13.2. The highest BCUT2D eigenvalue weighted by Crippen LogP contribution is 2.33. The maximum absolute atomic E-state index is 13.1. The summed E-state index contributed by atoms with van der Waals surface area (Å²) in [5.41, 5.74) is 3.59. The van der Waals surface area contributed by atoms with Crippen LogP contribution in [0.1, 0.15) is 27.9 Å². The lowest BCUT2D eigenvalue weighted by Gasteiger charge is -2.30. The van der Waals surface area contributed by atoms with Gasteiger partial charge in [0.05, 0.1) is 0 Å². The molecule has 30 heavy (non-hydrogen) atoms. The van der Waals surface area contributed by atoms with E-state index in [1.165, 1.54) is 30.3 Å². The molecule has 0 saturated carbocycles. The predicted molar refractivity (Wildman–Crippen MR) is 115 cm³/mol. The van der Waals surface area contributed by atoms with Crippen LogP contribution in [0, 0.1) is 5.82 Å². The van der Waals surface area contributed by atoms with Crippen molar-refractivity contribution in [3.8, 4) is 0 Å². The lowest BCUT2D eigenvalue weighted by molar-refractivity contribution is -0.114. The van der Waals surface area contributed by atoms with Gasteiger partial charge in [-0.3, -0.25) is 14.6 Å². The molecule has 1 aromatic heterocycles. The van der Waals surface area contributed by atoms with Crippen LogP contribution in [-0.2, 0) is 11.2 Å². The molecule has 2 aromatic carbocycles. The summed E-state index contributed by atoms with van der Waals surface area (Å²) in [5.74, 6) is -0.831. The molecule has 0 saturated heterocycles. The Balaban J connectivity index is 1.56. The van der Waals surface area contributed by atoms with E-state index in [0.29, 0.717) is 17.8 Å². The third kappa shape index (κ3) is 4.27. The number of pyridine rings is 1. The molecule has 0 fully saturated rings. The number of benzene rings is 2. The molecule has 2 amide bonds. The number of nitrogens with zero attached hydrogens (tertiary/aromatic N) is 2. The van der Waals surface area contributed by atoms with E-state index in [9.17, 15) is 14.0 Å². The van der Waals surface area contributed by atoms with Gasteiger partial charge in [-0.15, -0.1) is 0 Å². The van der Waals surface area contributed by atoms with Gasteiger partial charge in [-0.05, 0) is 72.5 Å². The Morgan fingerprint density at radius 3 is 2.67 bits per heavy atom. The summed E-state index contributed by atoms with van der Waals surface area (Å²) in [4.78, 5) is 31.1. The fourth-order valence-electron chi connectivity index (χ4n) is 3.50. The van der Waals surface area contributed by atoms with E-state index in [2.05, 4.69) is 10.3 Å². The van der Waals surface area contributed by atoms with Crippen molar-refractivity contribution >= 4 is 29.3 Å². The van der Waals surface area contributed by atoms with Gasteiger partial charge in [-0.2, -0.15) is 0 Å². The first-order valence-corrected chi connectivity index (χ1v) is 9.70. The van der Waals surface area contributed by atoms with Crippen LogP contribution in [0.3, 0.4) is 0 Å². The van der Waals surface area contributed by atoms with Crippen molar-refractivity contribution in [2.75, 3.05) is 16.8 Å². The zero-order valence-corrected chi connectivity index (χ0v) is 16.2. The molecule has 3 aromatic rings. The van der Waals surface area contributed by atoms with Gasteiger partial charge in [0.2, 0.25) is 0 Å². The van der Waals surface area contributed by atoms with E-state index in [4.69, 9.17) is 0 Å². The van der Waals surface area contributed by atoms with E-state index in [-0.39, 0.29) is 11.8 Å². The number of amides is 2. The highest BCUT2D eigenvalue weighted by atomic mass is 19.1. The Labute approximate surface area is 173 Å². The topological polar surface area (TPSA) is 62.3 Å². The zero-order chi connectivity index (χ0) is 20.9. The van der Waals surface area contributed by atoms with Crippen molar-refractivity contribution in [2.45, 2.75) is 12.8 Å². The van der Waals surface area contributed by atoms with Crippen molar-refractivity contribution in [2.24, 2.45) is 0 Å². The van der Waals surface area contributed by atoms with E-state index >= 15 is 0 Å². The molecular formula is C24H20FN3O2. The van der Waals surface area contributed by atoms with Crippen molar-refractivity contribution in [1.82, 2.24) is 4.98 Å². The minimum atomic E-state index is -0.392. The minimum Gasteiger partial charge on any atom is -0.322 e. The van der Waals surface area contributed by atoms with E-state index in [1.807, 2.05) is 30.3 Å². The van der Waals surface area contributed by atoms with Gasteiger partial charge in [-0.1, -0.05) is 12.1 Å². The summed E-state index contributed by atoms with van der Waals surface area (Å²) < 4.78 is 13.1. The van der Waals surface area contributed by atoms with Crippen LogP contribution in [0.15, 0.2) is 73.1 Å². The average Bonchev–Trinajstić information content (AvgIpc) is 2.78. The van der Waals surface area contributed by atoms with Gasteiger partial charge in [0.15, 0.2) is 0 Å². The molecule has 1 aliphatic rings. The second kappa shape index (κ2) is 8.69. The SMILES string of the molecule is O=C(Nc1cccc2c1CCCN2C(=O)/C=C/c1cccnc1)c1ccc(F)cc1. The Morgan fingerprint density at radius 2 is 1.90 bits per heavy atom. The molecule has 1 N–H and O–H groups in total. The van der Waals surface area contributed by atoms with Gasteiger partial charge in [0.25, 0.3) is 11.8 Å². The maximum Gasteiger partial charge on any atom is 0.255 e. The molecule has 6 heteroatoms. The molecule has 0 radical (unpaired) electrons.